The molecule has 1 unspecified atom stereocenters. The smallest absolute Gasteiger partial charge is 0.258 e. The summed E-state index contributed by atoms with van der Waals surface area (Å²) in [5, 5.41) is 8.46. The molecule has 2 heterocycles. The van der Waals surface area contributed by atoms with Gasteiger partial charge in [0.25, 0.3) is 5.89 Å². The fourth-order valence-corrected chi connectivity index (χ4v) is 4.31. The Morgan fingerprint density at radius 3 is 2.55 bits per heavy atom. The first-order valence-electron chi connectivity index (χ1n) is 11.0. The van der Waals surface area contributed by atoms with Gasteiger partial charge in [-0.15, -0.1) is 0 Å². The van der Waals surface area contributed by atoms with Crippen molar-refractivity contribution in [3.05, 3.63) is 65.7 Å². The van der Waals surface area contributed by atoms with Gasteiger partial charge in [0.05, 0.1) is 25.8 Å². The molecule has 1 N–H and O–H groups in total. The van der Waals surface area contributed by atoms with Crippen LogP contribution in [0.4, 0.5) is 0 Å². The molecule has 8 heteroatoms. The molecule has 1 aliphatic rings. The molecule has 172 valence electrons. The summed E-state index contributed by atoms with van der Waals surface area (Å²) in [5.74, 6) is 2.19. The molecule has 0 radical (unpaired) electrons. The maximum Gasteiger partial charge on any atom is 0.258 e. The molecule has 1 aliphatic heterocycles. The second kappa shape index (κ2) is 10.0. The number of nitrogens with one attached hydrogen (secondary N) is 1. The highest BCUT2D eigenvalue weighted by atomic mass is 32.1. The molecular formula is C25H28N4O3S. The average molecular weight is 465 g/mol. The maximum atomic E-state index is 5.80. The van der Waals surface area contributed by atoms with Crippen molar-refractivity contribution in [1.82, 2.24) is 20.4 Å². The summed E-state index contributed by atoms with van der Waals surface area (Å²) >= 11 is 5.72. The fraction of sp³-hybridized carbons (Fsp3) is 0.320. The van der Waals surface area contributed by atoms with Gasteiger partial charge >= 0.3 is 0 Å². The minimum atomic E-state index is -0.185. The number of benzene rings is 2. The van der Waals surface area contributed by atoms with Crippen molar-refractivity contribution in [3.8, 4) is 22.9 Å². The first-order valence-corrected chi connectivity index (χ1v) is 11.4. The minimum Gasteiger partial charge on any atom is -0.493 e. The number of ether oxygens (including phenoxy) is 2. The van der Waals surface area contributed by atoms with Gasteiger partial charge in [0.15, 0.2) is 16.6 Å². The monoisotopic (exact) mass is 464 g/mol. The van der Waals surface area contributed by atoms with Gasteiger partial charge < -0.3 is 24.2 Å². The normalized spacial score (nSPS) is 16.1. The highest BCUT2D eigenvalue weighted by molar-refractivity contribution is 7.80. The Labute approximate surface area is 199 Å². The molecule has 0 saturated carbocycles. The van der Waals surface area contributed by atoms with Gasteiger partial charge in [0.2, 0.25) is 5.82 Å². The second-order valence-corrected chi connectivity index (χ2v) is 8.18. The van der Waals surface area contributed by atoms with E-state index >= 15 is 0 Å². The highest BCUT2D eigenvalue weighted by Crippen LogP contribution is 2.38. The van der Waals surface area contributed by atoms with E-state index in [4.69, 9.17) is 31.2 Å². The topological polar surface area (TPSA) is 72.7 Å². The van der Waals surface area contributed by atoms with E-state index in [1.165, 1.54) is 0 Å². The molecule has 1 aromatic heterocycles. The van der Waals surface area contributed by atoms with Crippen LogP contribution in [0.2, 0.25) is 0 Å². The molecule has 0 saturated heterocycles. The molecule has 0 spiro atoms. The zero-order chi connectivity index (χ0) is 23.4. The summed E-state index contributed by atoms with van der Waals surface area (Å²) in [6.45, 7) is 5.06. The highest BCUT2D eigenvalue weighted by Gasteiger charge is 2.33. The lowest BCUT2D eigenvalue weighted by Gasteiger charge is -2.37. The van der Waals surface area contributed by atoms with Crippen LogP contribution in [-0.4, -0.2) is 40.9 Å². The number of aromatic nitrogens is 2. The zero-order valence-electron chi connectivity index (χ0n) is 19.3. The summed E-state index contributed by atoms with van der Waals surface area (Å²) < 4.78 is 16.6. The van der Waals surface area contributed by atoms with Crippen LogP contribution in [0, 0.1) is 0 Å². The molecule has 0 amide bonds. The molecule has 0 aliphatic carbocycles. The lowest BCUT2D eigenvalue weighted by atomic mass is 9.95. The predicted molar refractivity (Wildman–Crippen MR) is 132 cm³/mol. The van der Waals surface area contributed by atoms with E-state index in [0.29, 0.717) is 28.3 Å². The molecule has 0 bridgehead atoms. The van der Waals surface area contributed by atoms with E-state index in [1.807, 2.05) is 36.4 Å². The van der Waals surface area contributed by atoms with Crippen LogP contribution in [0.1, 0.15) is 44.2 Å². The summed E-state index contributed by atoms with van der Waals surface area (Å²) in [6, 6.07) is 15.5. The van der Waals surface area contributed by atoms with Crippen LogP contribution in [-0.2, 0) is 0 Å². The quantitative estimate of drug-likeness (QED) is 0.455. The average Bonchev–Trinajstić information content (AvgIpc) is 3.33. The van der Waals surface area contributed by atoms with Gasteiger partial charge in [-0.1, -0.05) is 48.8 Å². The Kier molecular flexibility index (Phi) is 6.93. The van der Waals surface area contributed by atoms with Crippen molar-refractivity contribution in [2.24, 2.45) is 0 Å². The molecule has 4 rings (SSSR count). The predicted octanol–water partition coefficient (Wildman–Crippen LogP) is 5.22. The van der Waals surface area contributed by atoms with Crippen LogP contribution < -0.4 is 14.8 Å². The maximum absolute atomic E-state index is 5.80. The number of unbranched alkanes of at least 4 members (excludes halogenated alkanes) is 1. The van der Waals surface area contributed by atoms with E-state index in [2.05, 4.69) is 41.4 Å². The number of rotatable bonds is 8. The van der Waals surface area contributed by atoms with E-state index < -0.39 is 0 Å². The Balaban J connectivity index is 1.78. The Hall–Kier alpha value is -3.39. The first kappa shape index (κ1) is 22.8. The first-order chi connectivity index (χ1) is 16.1. The van der Waals surface area contributed by atoms with Crippen molar-refractivity contribution in [2.75, 3.05) is 20.8 Å². The molecule has 7 nitrogen and oxygen atoms in total. The van der Waals surface area contributed by atoms with E-state index in [1.54, 1.807) is 14.2 Å². The Bertz CT molecular complexity index is 1160. The van der Waals surface area contributed by atoms with Crippen LogP contribution in [0.25, 0.3) is 17.0 Å². The zero-order valence-corrected chi connectivity index (χ0v) is 20.1. The Morgan fingerprint density at radius 1 is 1.09 bits per heavy atom. The van der Waals surface area contributed by atoms with Crippen molar-refractivity contribution in [2.45, 2.75) is 32.7 Å². The summed E-state index contributed by atoms with van der Waals surface area (Å²) in [7, 11) is 3.21. The minimum absolute atomic E-state index is 0.185. The van der Waals surface area contributed by atoms with E-state index in [9.17, 15) is 0 Å². The van der Waals surface area contributed by atoms with Gasteiger partial charge in [0, 0.05) is 17.8 Å². The van der Waals surface area contributed by atoms with Crippen molar-refractivity contribution >= 4 is 22.9 Å². The molecule has 1 atom stereocenters. The number of nitrogens with zero attached hydrogens (tertiary/aromatic N) is 3. The lowest BCUT2D eigenvalue weighted by Crippen LogP contribution is -2.46. The Morgan fingerprint density at radius 2 is 1.85 bits per heavy atom. The standard InChI is InChI=1S/C25H28N4O3S/c1-5-6-14-29-16(2)21(22(26-25(29)33)17-10-8-7-9-11-17)24-27-23(28-32-24)18-12-13-19(30-3)20(15-18)31-4/h7-13,15,22H,5-6,14H2,1-4H3,(H,26,33). The van der Waals surface area contributed by atoms with Crippen LogP contribution >= 0.6 is 12.2 Å². The molecule has 33 heavy (non-hydrogen) atoms. The summed E-state index contributed by atoms with van der Waals surface area (Å²) in [4.78, 5) is 6.88. The number of allylic oxidation sites excluding steroid dienone is 1. The number of hydrogen-bond donors (Lipinski definition) is 1. The third kappa shape index (κ3) is 4.57. The molecule has 2 aromatic carbocycles. The van der Waals surface area contributed by atoms with Crippen LogP contribution in [0.5, 0.6) is 11.5 Å². The van der Waals surface area contributed by atoms with Crippen molar-refractivity contribution < 1.29 is 14.0 Å². The number of hydrogen-bond acceptors (Lipinski definition) is 6. The van der Waals surface area contributed by atoms with E-state index in [-0.39, 0.29) is 6.04 Å². The number of thiocarbonyl (C=S) groups is 1. The van der Waals surface area contributed by atoms with Crippen molar-refractivity contribution in [1.29, 1.82) is 0 Å². The number of methoxy groups -OCH3 is 2. The lowest BCUT2D eigenvalue weighted by molar-refractivity contribution is 0.355. The molecule has 3 aromatic rings. The van der Waals surface area contributed by atoms with Crippen LogP contribution in [0.3, 0.4) is 0 Å². The third-order valence-electron chi connectivity index (χ3n) is 5.76. The van der Waals surface area contributed by atoms with Gasteiger partial charge in [-0.05, 0) is 49.3 Å². The van der Waals surface area contributed by atoms with Crippen molar-refractivity contribution in [3.63, 3.8) is 0 Å². The fourth-order valence-electron chi connectivity index (χ4n) is 3.96. The molecular weight excluding hydrogens is 436 g/mol. The molecule has 0 fully saturated rings. The largest absolute Gasteiger partial charge is 0.493 e. The van der Waals surface area contributed by atoms with Crippen LogP contribution in [0.15, 0.2) is 58.8 Å². The van der Waals surface area contributed by atoms with Gasteiger partial charge in [0.1, 0.15) is 0 Å². The van der Waals surface area contributed by atoms with Gasteiger partial charge in [-0.2, -0.15) is 4.98 Å². The van der Waals surface area contributed by atoms with E-state index in [0.717, 1.165) is 41.8 Å². The summed E-state index contributed by atoms with van der Waals surface area (Å²) in [6.07, 6.45) is 2.11. The summed E-state index contributed by atoms with van der Waals surface area (Å²) in [5.41, 5.74) is 3.79. The van der Waals surface area contributed by atoms with Gasteiger partial charge in [-0.25, -0.2) is 0 Å². The third-order valence-corrected chi connectivity index (χ3v) is 6.10. The van der Waals surface area contributed by atoms with Gasteiger partial charge in [-0.3, -0.25) is 0 Å². The second-order valence-electron chi connectivity index (χ2n) is 7.79. The SMILES string of the molecule is CCCCN1C(=S)NC(c2ccccc2)C(c2nc(-c3ccc(OC)c(OC)c3)no2)=C1C.